The van der Waals surface area contributed by atoms with Crippen LogP contribution >= 0.6 is 0 Å². The van der Waals surface area contributed by atoms with Crippen LogP contribution in [0.2, 0.25) is 0 Å². The van der Waals surface area contributed by atoms with Crippen LogP contribution < -0.4 is 0 Å². The second-order valence-electron chi connectivity index (χ2n) is 4.86. The van der Waals surface area contributed by atoms with Crippen LogP contribution in [0.3, 0.4) is 0 Å². The first-order valence-corrected chi connectivity index (χ1v) is 6.43. The zero-order chi connectivity index (χ0) is 14.7. The number of aryl methyl sites for hydroxylation is 1. The van der Waals surface area contributed by atoms with Gasteiger partial charge in [0.1, 0.15) is 6.54 Å². The van der Waals surface area contributed by atoms with Crippen molar-refractivity contribution >= 4 is 11.9 Å². The molecule has 4 nitrogen and oxygen atoms in total. The lowest BCUT2D eigenvalue weighted by molar-refractivity contribution is -0.144. The summed E-state index contributed by atoms with van der Waals surface area (Å²) in [7, 11) is 0. The quantitative estimate of drug-likeness (QED) is 0.868. The first kappa shape index (κ1) is 14.4. The monoisotopic (exact) mass is 283 g/mol. The lowest BCUT2D eigenvalue weighted by atomic mass is 10.1. The maximum Gasteiger partial charge on any atom is 0.323 e. The molecule has 6 heteroatoms. The largest absolute Gasteiger partial charge is 0.480 e. The molecule has 20 heavy (non-hydrogen) atoms. The molecule has 1 aliphatic rings. The molecule has 1 aromatic carbocycles. The Balaban J connectivity index is 1.96. The van der Waals surface area contributed by atoms with Crippen molar-refractivity contribution in [1.29, 1.82) is 0 Å². The molecule has 2 rings (SSSR count). The highest BCUT2D eigenvalue weighted by Gasteiger charge is 2.33. The summed E-state index contributed by atoms with van der Waals surface area (Å²) in [5.74, 6) is -3.29. The van der Waals surface area contributed by atoms with Crippen molar-refractivity contribution in [1.82, 2.24) is 4.90 Å². The second kappa shape index (κ2) is 5.98. The predicted molar refractivity (Wildman–Crippen MR) is 67.0 cm³/mol. The van der Waals surface area contributed by atoms with Gasteiger partial charge in [0.2, 0.25) is 5.91 Å². The first-order chi connectivity index (χ1) is 9.49. The van der Waals surface area contributed by atoms with Crippen LogP contribution in [-0.2, 0) is 16.0 Å². The molecule has 1 aromatic rings. The van der Waals surface area contributed by atoms with Gasteiger partial charge in [0.25, 0.3) is 0 Å². The number of hydrogen-bond acceptors (Lipinski definition) is 2. The Hall–Kier alpha value is -1.98. The highest BCUT2D eigenvalue weighted by Crippen LogP contribution is 2.27. The molecule has 0 heterocycles. The Kier molecular flexibility index (Phi) is 4.32. The third-order valence-corrected chi connectivity index (χ3v) is 3.25. The number of hydrogen-bond donors (Lipinski definition) is 1. The number of aliphatic carboxylic acids is 1. The van der Waals surface area contributed by atoms with Crippen LogP contribution in [-0.4, -0.2) is 34.5 Å². The molecule has 0 radical (unpaired) electrons. The summed E-state index contributed by atoms with van der Waals surface area (Å²) in [6.07, 6.45) is 1.64. The molecular formula is C14H15F2NO3. The fourth-order valence-electron chi connectivity index (χ4n) is 2.08. The van der Waals surface area contributed by atoms with Crippen molar-refractivity contribution in [3.63, 3.8) is 0 Å². The molecule has 1 fully saturated rings. The van der Waals surface area contributed by atoms with Gasteiger partial charge < -0.3 is 10.0 Å². The van der Waals surface area contributed by atoms with Crippen molar-refractivity contribution in [2.75, 3.05) is 6.54 Å². The zero-order valence-electron chi connectivity index (χ0n) is 10.8. The molecule has 0 unspecified atom stereocenters. The Morgan fingerprint density at radius 1 is 1.30 bits per heavy atom. The van der Waals surface area contributed by atoms with Crippen LogP contribution in [0, 0.1) is 11.6 Å². The van der Waals surface area contributed by atoms with Crippen LogP contribution in [0.1, 0.15) is 24.8 Å². The summed E-state index contributed by atoms with van der Waals surface area (Å²) >= 11 is 0. The molecule has 0 spiro atoms. The molecule has 0 bridgehead atoms. The average molecular weight is 283 g/mol. The van der Waals surface area contributed by atoms with Gasteiger partial charge in [0.15, 0.2) is 11.6 Å². The summed E-state index contributed by atoms with van der Waals surface area (Å²) < 4.78 is 26.5. The van der Waals surface area contributed by atoms with Gasteiger partial charge in [0, 0.05) is 12.5 Å². The standard InChI is InChI=1S/C14H15F2NO3/c15-11-3-1-2-9(14(11)16)4-7-12(18)17(8-13(19)20)10-5-6-10/h1-3,10H,4-8H2,(H,19,20). The van der Waals surface area contributed by atoms with E-state index in [1.807, 2.05) is 0 Å². The normalized spacial score (nSPS) is 14.1. The minimum atomic E-state index is -1.07. The SMILES string of the molecule is O=C(O)CN(C(=O)CCc1cccc(F)c1F)C1CC1. The number of rotatable bonds is 6. The predicted octanol–water partition coefficient (Wildman–Crippen LogP) is 1.97. The van der Waals surface area contributed by atoms with E-state index >= 15 is 0 Å². The van der Waals surface area contributed by atoms with Gasteiger partial charge in [-0.05, 0) is 30.9 Å². The summed E-state index contributed by atoms with van der Waals surface area (Å²) in [6.45, 7) is -0.338. The molecule has 108 valence electrons. The number of halogens is 2. The van der Waals surface area contributed by atoms with E-state index in [4.69, 9.17) is 5.11 Å². The topological polar surface area (TPSA) is 57.6 Å². The number of amides is 1. The molecule has 0 aliphatic heterocycles. The molecule has 1 amide bonds. The molecule has 1 N–H and O–H groups in total. The van der Waals surface area contributed by atoms with E-state index < -0.39 is 17.6 Å². The van der Waals surface area contributed by atoms with Gasteiger partial charge >= 0.3 is 5.97 Å². The number of carboxylic acid groups (broad SMARTS) is 1. The highest BCUT2D eigenvalue weighted by atomic mass is 19.2. The van der Waals surface area contributed by atoms with Gasteiger partial charge in [-0.15, -0.1) is 0 Å². The fourth-order valence-corrected chi connectivity index (χ4v) is 2.08. The van der Waals surface area contributed by atoms with Crippen molar-refractivity contribution in [2.45, 2.75) is 31.7 Å². The van der Waals surface area contributed by atoms with Crippen LogP contribution in [0.15, 0.2) is 18.2 Å². The van der Waals surface area contributed by atoms with Gasteiger partial charge in [-0.1, -0.05) is 12.1 Å². The molecular weight excluding hydrogens is 268 g/mol. The molecule has 1 saturated carbocycles. The van der Waals surface area contributed by atoms with Crippen LogP contribution in [0.4, 0.5) is 8.78 Å². The summed E-state index contributed by atoms with van der Waals surface area (Å²) in [5.41, 5.74) is 0.129. The molecule has 0 atom stereocenters. The van der Waals surface area contributed by atoms with E-state index in [0.717, 1.165) is 18.9 Å². The van der Waals surface area contributed by atoms with Gasteiger partial charge in [0.05, 0.1) is 0 Å². The summed E-state index contributed by atoms with van der Waals surface area (Å²) in [5, 5.41) is 8.77. The van der Waals surface area contributed by atoms with Crippen LogP contribution in [0.25, 0.3) is 0 Å². The van der Waals surface area contributed by atoms with Crippen LogP contribution in [0.5, 0.6) is 0 Å². The van der Waals surface area contributed by atoms with Crippen molar-refractivity contribution in [3.8, 4) is 0 Å². The minimum absolute atomic E-state index is 0.0176. The fraction of sp³-hybridized carbons (Fsp3) is 0.429. The number of carbonyl (C=O) groups excluding carboxylic acids is 1. The third-order valence-electron chi connectivity index (χ3n) is 3.25. The van der Waals surface area contributed by atoms with E-state index in [2.05, 4.69) is 0 Å². The van der Waals surface area contributed by atoms with E-state index in [1.54, 1.807) is 0 Å². The van der Waals surface area contributed by atoms with E-state index in [0.29, 0.717) is 0 Å². The molecule has 1 aliphatic carbocycles. The Labute approximate surface area is 115 Å². The van der Waals surface area contributed by atoms with Gasteiger partial charge in [-0.2, -0.15) is 0 Å². The molecule has 0 saturated heterocycles. The lowest BCUT2D eigenvalue weighted by Crippen LogP contribution is -2.37. The smallest absolute Gasteiger partial charge is 0.323 e. The zero-order valence-corrected chi connectivity index (χ0v) is 10.8. The number of carbonyl (C=O) groups is 2. The van der Waals surface area contributed by atoms with Crippen molar-refractivity contribution in [3.05, 3.63) is 35.4 Å². The number of benzene rings is 1. The van der Waals surface area contributed by atoms with Gasteiger partial charge in [-0.3, -0.25) is 9.59 Å². The molecule has 0 aromatic heterocycles. The highest BCUT2D eigenvalue weighted by molar-refractivity contribution is 5.82. The summed E-state index contributed by atoms with van der Waals surface area (Å²) in [4.78, 5) is 24.0. The van der Waals surface area contributed by atoms with Gasteiger partial charge in [-0.25, -0.2) is 8.78 Å². The minimum Gasteiger partial charge on any atom is -0.480 e. The number of nitrogens with zero attached hydrogens (tertiary/aromatic N) is 1. The maximum atomic E-state index is 13.4. The average Bonchev–Trinajstić information content (AvgIpc) is 3.21. The lowest BCUT2D eigenvalue weighted by Gasteiger charge is -2.20. The van der Waals surface area contributed by atoms with Crippen molar-refractivity contribution < 1.29 is 23.5 Å². The number of carboxylic acids is 1. The Morgan fingerprint density at radius 2 is 2.00 bits per heavy atom. The maximum absolute atomic E-state index is 13.4. The summed E-state index contributed by atoms with van der Waals surface area (Å²) in [6, 6.07) is 3.80. The van der Waals surface area contributed by atoms with Crippen molar-refractivity contribution in [2.24, 2.45) is 0 Å². The third kappa shape index (κ3) is 3.53. The Bertz CT molecular complexity index is 529. The van der Waals surface area contributed by atoms with E-state index in [9.17, 15) is 18.4 Å². The van der Waals surface area contributed by atoms with E-state index in [-0.39, 0.29) is 36.9 Å². The first-order valence-electron chi connectivity index (χ1n) is 6.43. The Morgan fingerprint density at radius 3 is 2.60 bits per heavy atom. The second-order valence-corrected chi connectivity index (χ2v) is 4.86. The van der Waals surface area contributed by atoms with E-state index in [1.165, 1.54) is 17.0 Å².